The Bertz CT molecular complexity index is 582. The quantitative estimate of drug-likeness (QED) is 0.231. The van der Waals surface area contributed by atoms with E-state index in [1.54, 1.807) is 6.92 Å². The Balaban J connectivity index is 3.43. The number of carboxylic acid groups (broad SMARTS) is 1. The minimum Gasteiger partial charge on any atom is -0.478 e. The zero-order valence-corrected chi connectivity index (χ0v) is 10.4. The monoisotopic (exact) mass is 292 g/mol. The Morgan fingerprint density at radius 3 is 2.32 bits per heavy atom. The largest absolute Gasteiger partial charge is 0.478 e. The van der Waals surface area contributed by atoms with Gasteiger partial charge in [-0.05, 0) is 12.5 Å². The fourth-order valence-corrected chi connectivity index (χ4v) is 1.56. The molecular formula is C12H8ClF3O3. The minimum atomic E-state index is -1.92. The van der Waals surface area contributed by atoms with E-state index < -0.39 is 45.4 Å². The lowest BCUT2D eigenvalue weighted by Crippen LogP contribution is -2.15. The summed E-state index contributed by atoms with van der Waals surface area (Å²) >= 11 is 5.30. The van der Waals surface area contributed by atoms with Crippen molar-refractivity contribution in [3.05, 3.63) is 45.8 Å². The summed E-state index contributed by atoms with van der Waals surface area (Å²) in [5.74, 6) is -8.18. The Morgan fingerprint density at radius 1 is 1.26 bits per heavy atom. The van der Waals surface area contributed by atoms with Crippen molar-refractivity contribution in [3.63, 3.8) is 0 Å². The molecule has 7 heteroatoms. The molecule has 102 valence electrons. The van der Waals surface area contributed by atoms with Gasteiger partial charge >= 0.3 is 5.97 Å². The summed E-state index contributed by atoms with van der Waals surface area (Å²) in [6, 6.07) is 0.560. The number of allylic oxidation sites excluding steroid dienone is 1. The van der Waals surface area contributed by atoms with Gasteiger partial charge in [0, 0.05) is 0 Å². The van der Waals surface area contributed by atoms with E-state index >= 15 is 0 Å². The summed E-state index contributed by atoms with van der Waals surface area (Å²) in [7, 11) is 0. The third kappa shape index (κ3) is 2.96. The molecular weight excluding hydrogens is 285 g/mol. The van der Waals surface area contributed by atoms with Crippen molar-refractivity contribution in [2.75, 3.05) is 0 Å². The third-order valence-corrected chi connectivity index (χ3v) is 2.51. The molecule has 0 bridgehead atoms. The maximum Gasteiger partial charge on any atom is 0.339 e. The molecule has 0 amide bonds. The van der Waals surface area contributed by atoms with Crippen molar-refractivity contribution >= 4 is 23.4 Å². The standard InChI is InChI=1S/C12H8ClF3O3/c1-2-3-5(12(18)19)11(17)6-4-7(13)9(15)10(16)8(6)14/h3-4H,2H2,1H3,(H,18,19). The number of carbonyl (C=O) groups excluding carboxylic acids is 1. The average molecular weight is 293 g/mol. The number of benzene rings is 1. The van der Waals surface area contributed by atoms with Gasteiger partial charge in [0.05, 0.1) is 10.6 Å². The Morgan fingerprint density at radius 2 is 1.84 bits per heavy atom. The van der Waals surface area contributed by atoms with Crippen LogP contribution < -0.4 is 0 Å². The molecule has 1 rings (SSSR count). The fourth-order valence-electron chi connectivity index (χ4n) is 1.36. The van der Waals surface area contributed by atoms with Crippen molar-refractivity contribution in [2.24, 2.45) is 0 Å². The van der Waals surface area contributed by atoms with Crippen molar-refractivity contribution in [3.8, 4) is 0 Å². The Labute approximate surface area is 111 Å². The summed E-state index contributed by atoms with van der Waals surface area (Å²) in [6.45, 7) is 1.56. The molecule has 0 unspecified atom stereocenters. The predicted molar refractivity (Wildman–Crippen MR) is 61.7 cm³/mol. The van der Waals surface area contributed by atoms with Crippen LogP contribution in [0.4, 0.5) is 13.2 Å². The van der Waals surface area contributed by atoms with Crippen LogP contribution in [0.2, 0.25) is 5.02 Å². The predicted octanol–water partition coefficient (Wildman–Crippen LogP) is 3.36. The molecule has 19 heavy (non-hydrogen) atoms. The first-order chi connectivity index (χ1) is 8.81. The Kier molecular flexibility index (Phi) is 4.72. The highest BCUT2D eigenvalue weighted by Gasteiger charge is 2.26. The van der Waals surface area contributed by atoms with Crippen LogP contribution in [-0.2, 0) is 4.79 Å². The van der Waals surface area contributed by atoms with Gasteiger partial charge in [-0.1, -0.05) is 24.6 Å². The topological polar surface area (TPSA) is 54.4 Å². The average Bonchev–Trinajstić information content (AvgIpc) is 2.36. The molecule has 1 N–H and O–H groups in total. The van der Waals surface area contributed by atoms with Gasteiger partial charge in [0.2, 0.25) is 5.78 Å². The van der Waals surface area contributed by atoms with E-state index in [-0.39, 0.29) is 6.42 Å². The van der Waals surface area contributed by atoms with E-state index in [0.29, 0.717) is 6.07 Å². The highest BCUT2D eigenvalue weighted by molar-refractivity contribution is 6.32. The molecule has 0 aromatic heterocycles. The normalized spacial score (nSPS) is 11.5. The second-order valence-corrected chi connectivity index (χ2v) is 3.92. The van der Waals surface area contributed by atoms with Crippen molar-refractivity contribution in [1.82, 2.24) is 0 Å². The number of aliphatic carboxylic acids is 1. The molecule has 0 saturated carbocycles. The van der Waals surface area contributed by atoms with E-state index in [1.807, 2.05) is 0 Å². The first kappa shape index (κ1) is 15.2. The lowest BCUT2D eigenvalue weighted by molar-refractivity contribution is -0.132. The van der Waals surface area contributed by atoms with Crippen LogP contribution in [0.3, 0.4) is 0 Å². The summed E-state index contributed by atoms with van der Waals surface area (Å²) in [5, 5.41) is 8.01. The zero-order chi connectivity index (χ0) is 14.7. The van der Waals surface area contributed by atoms with E-state index in [1.165, 1.54) is 0 Å². The molecule has 1 aromatic carbocycles. The molecule has 0 aliphatic rings. The summed E-state index contributed by atoms with van der Waals surface area (Å²) < 4.78 is 39.5. The smallest absolute Gasteiger partial charge is 0.339 e. The molecule has 0 spiro atoms. The number of Topliss-reactive ketones (excluding diaryl/α,β-unsaturated/α-hetero) is 1. The van der Waals surface area contributed by atoms with E-state index in [4.69, 9.17) is 16.7 Å². The number of halogens is 4. The van der Waals surface area contributed by atoms with Gasteiger partial charge in [-0.3, -0.25) is 4.79 Å². The number of carboxylic acids is 1. The molecule has 0 heterocycles. The molecule has 0 aliphatic heterocycles. The second-order valence-electron chi connectivity index (χ2n) is 3.51. The lowest BCUT2D eigenvalue weighted by Gasteiger charge is -2.06. The van der Waals surface area contributed by atoms with Gasteiger partial charge in [-0.2, -0.15) is 0 Å². The molecule has 0 saturated heterocycles. The lowest BCUT2D eigenvalue weighted by atomic mass is 10.0. The molecule has 0 fully saturated rings. The first-order valence-electron chi connectivity index (χ1n) is 5.12. The number of rotatable bonds is 4. The number of hydrogen-bond acceptors (Lipinski definition) is 2. The number of carbonyl (C=O) groups is 2. The molecule has 0 aliphatic carbocycles. The maximum atomic E-state index is 13.4. The highest BCUT2D eigenvalue weighted by Crippen LogP contribution is 2.25. The van der Waals surface area contributed by atoms with Crippen LogP contribution in [0.1, 0.15) is 23.7 Å². The molecule has 0 radical (unpaired) electrons. The van der Waals surface area contributed by atoms with Crippen molar-refractivity contribution < 1.29 is 27.9 Å². The zero-order valence-electron chi connectivity index (χ0n) is 9.64. The van der Waals surface area contributed by atoms with E-state index in [2.05, 4.69) is 0 Å². The summed E-state index contributed by atoms with van der Waals surface area (Å²) in [5.41, 5.74) is -1.66. The van der Waals surface area contributed by atoms with Crippen LogP contribution in [-0.4, -0.2) is 16.9 Å². The van der Waals surface area contributed by atoms with Crippen LogP contribution >= 0.6 is 11.6 Å². The van der Waals surface area contributed by atoms with Gasteiger partial charge in [-0.25, -0.2) is 18.0 Å². The molecule has 1 aromatic rings. The van der Waals surface area contributed by atoms with E-state index in [0.717, 1.165) is 6.08 Å². The number of ketones is 1. The minimum absolute atomic E-state index is 0.201. The SMILES string of the molecule is CCC=C(C(=O)O)C(=O)c1cc(Cl)c(F)c(F)c1F. The van der Waals surface area contributed by atoms with Gasteiger partial charge in [0.25, 0.3) is 0 Å². The summed E-state index contributed by atoms with van der Waals surface area (Å²) in [6.07, 6.45) is 1.24. The van der Waals surface area contributed by atoms with E-state index in [9.17, 15) is 22.8 Å². The second kappa shape index (κ2) is 5.88. The van der Waals surface area contributed by atoms with Crippen LogP contribution in [0, 0.1) is 17.5 Å². The fraction of sp³-hybridized carbons (Fsp3) is 0.167. The summed E-state index contributed by atoms with van der Waals surface area (Å²) in [4.78, 5) is 22.6. The van der Waals surface area contributed by atoms with Crippen molar-refractivity contribution in [1.29, 1.82) is 0 Å². The third-order valence-electron chi connectivity index (χ3n) is 2.23. The van der Waals surface area contributed by atoms with Crippen LogP contribution in [0.15, 0.2) is 17.7 Å². The van der Waals surface area contributed by atoms with Gasteiger partial charge in [0.15, 0.2) is 17.5 Å². The Hall–Kier alpha value is -1.82. The van der Waals surface area contributed by atoms with Crippen molar-refractivity contribution in [2.45, 2.75) is 13.3 Å². The first-order valence-corrected chi connectivity index (χ1v) is 5.50. The molecule has 3 nitrogen and oxygen atoms in total. The number of hydrogen-bond donors (Lipinski definition) is 1. The van der Waals surface area contributed by atoms with Gasteiger partial charge < -0.3 is 5.11 Å². The van der Waals surface area contributed by atoms with Gasteiger partial charge in [-0.15, -0.1) is 0 Å². The molecule has 0 atom stereocenters. The van der Waals surface area contributed by atoms with Crippen LogP contribution in [0.5, 0.6) is 0 Å². The van der Waals surface area contributed by atoms with Gasteiger partial charge in [0.1, 0.15) is 5.57 Å². The van der Waals surface area contributed by atoms with Crippen LogP contribution in [0.25, 0.3) is 0 Å². The highest BCUT2D eigenvalue weighted by atomic mass is 35.5. The maximum absolute atomic E-state index is 13.4.